The van der Waals surface area contributed by atoms with Gasteiger partial charge < -0.3 is 24.8 Å². The van der Waals surface area contributed by atoms with Crippen molar-refractivity contribution in [3.05, 3.63) is 120 Å². The molecule has 0 unspecified atom stereocenters. The summed E-state index contributed by atoms with van der Waals surface area (Å²) in [7, 11) is 0. The van der Waals surface area contributed by atoms with E-state index >= 15 is 0 Å². The smallest absolute Gasteiger partial charge is 0.331 e. The number of benzene rings is 1. The zero-order chi connectivity index (χ0) is 33.6. The van der Waals surface area contributed by atoms with E-state index in [1.54, 1.807) is 85.0 Å². The van der Waals surface area contributed by atoms with Crippen LogP contribution in [-0.4, -0.2) is 63.6 Å². The molecule has 0 radical (unpaired) electrons. The van der Waals surface area contributed by atoms with E-state index in [9.17, 15) is 29.7 Å². The highest BCUT2D eigenvalue weighted by Gasteiger charge is 2.12. The van der Waals surface area contributed by atoms with Gasteiger partial charge in [0.15, 0.2) is 5.78 Å². The van der Waals surface area contributed by atoms with Crippen molar-refractivity contribution in [2.45, 2.75) is 95.7 Å². The molecule has 8 nitrogen and oxygen atoms in total. The maximum Gasteiger partial charge on any atom is 0.331 e. The van der Waals surface area contributed by atoms with E-state index in [4.69, 9.17) is 9.47 Å². The normalized spacial score (nSPS) is 27.3. The van der Waals surface area contributed by atoms with Crippen LogP contribution in [0.1, 0.15) is 74.7 Å². The molecule has 1 aromatic carbocycles. The van der Waals surface area contributed by atoms with E-state index < -0.39 is 36.4 Å². The number of esters is 2. The minimum Gasteiger partial charge on any atom is -0.460 e. The lowest BCUT2D eigenvalue weighted by Gasteiger charge is -2.12. The topological polar surface area (TPSA) is 130 Å². The van der Waals surface area contributed by atoms with Gasteiger partial charge in [-0.3, -0.25) is 9.59 Å². The quantitative estimate of drug-likeness (QED) is 0.190. The molecule has 0 amide bonds. The molecule has 8 heteroatoms. The number of rotatable bonds is 7. The zero-order valence-electron chi connectivity index (χ0n) is 26.8. The highest BCUT2D eigenvalue weighted by molar-refractivity contribution is 5.95. The van der Waals surface area contributed by atoms with Gasteiger partial charge in [-0.25, -0.2) is 4.79 Å². The van der Waals surface area contributed by atoms with Crippen LogP contribution < -0.4 is 0 Å². The van der Waals surface area contributed by atoms with E-state index in [1.165, 1.54) is 19.1 Å². The Kier molecular flexibility index (Phi) is 18.5. The Labute approximate surface area is 272 Å². The lowest BCUT2D eigenvalue weighted by Crippen LogP contribution is -2.15. The van der Waals surface area contributed by atoms with Crippen LogP contribution in [0, 0.1) is 0 Å². The number of Topliss-reactive ketones (excluding diaryl/α,β-unsaturated/α-hetero) is 1. The summed E-state index contributed by atoms with van der Waals surface area (Å²) in [5, 5.41) is 30.8. The highest BCUT2D eigenvalue weighted by atomic mass is 16.5. The predicted octanol–water partition coefficient (Wildman–Crippen LogP) is 6.00. The third-order valence-corrected chi connectivity index (χ3v) is 6.97. The summed E-state index contributed by atoms with van der Waals surface area (Å²) in [6, 6.07) is 7.09. The molecule has 0 aliphatic carbocycles. The Morgan fingerprint density at radius 3 is 2.52 bits per heavy atom. The van der Waals surface area contributed by atoms with Crippen molar-refractivity contribution in [3.63, 3.8) is 0 Å². The van der Waals surface area contributed by atoms with Gasteiger partial charge in [-0.05, 0) is 51.2 Å². The van der Waals surface area contributed by atoms with Gasteiger partial charge in [0.05, 0.1) is 30.8 Å². The fraction of sp³-hybridized carbons (Fsp3) is 0.395. The Morgan fingerprint density at radius 2 is 1.72 bits per heavy atom. The van der Waals surface area contributed by atoms with Crippen molar-refractivity contribution < 1.29 is 39.2 Å². The standard InChI is InChI=1S/C38H48O8/c1-29-17-8-4-3-5-9-19-33(41)28-34(42)20-10-6-11-22-35(23-12-7-13-25-37(43)45-29)46-38(44)26-16-21-32(40)27-31-18-14-15-24-36(31)30(2)39/h3,5-7,9-16,18-19,21-22,24-25,29,32-35,40-42H,4,8,17,20,23,26-28H2,1-2H3/b5-3+,10-6-,12-7+,19-9+,21-16+,22-11+,25-13-/t29-,32+,33+,34+,35-/m1/s1. The summed E-state index contributed by atoms with van der Waals surface area (Å²) in [5.41, 5.74) is 1.29. The number of allylic oxidation sites excluding steroid dienone is 7. The third kappa shape index (κ3) is 17.4. The molecule has 0 fully saturated rings. The van der Waals surface area contributed by atoms with E-state index in [2.05, 4.69) is 0 Å². The summed E-state index contributed by atoms with van der Waals surface area (Å²) < 4.78 is 11.0. The van der Waals surface area contributed by atoms with Crippen molar-refractivity contribution in [1.82, 2.24) is 0 Å². The van der Waals surface area contributed by atoms with Crippen LogP contribution >= 0.6 is 0 Å². The summed E-state index contributed by atoms with van der Waals surface area (Å²) in [6.07, 6.45) is 23.8. The maximum absolute atomic E-state index is 12.6. The Balaban J connectivity index is 2.03. The number of ether oxygens (including phenoxy) is 2. The maximum atomic E-state index is 12.6. The molecule has 46 heavy (non-hydrogen) atoms. The molecule has 0 spiro atoms. The first kappa shape index (κ1) is 38.1. The van der Waals surface area contributed by atoms with Gasteiger partial charge in [-0.2, -0.15) is 0 Å². The molecule has 3 N–H and O–H groups in total. The number of hydrogen-bond acceptors (Lipinski definition) is 8. The first-order valence-corrected chi connectivity index (χ1v) is 15.8. The largest absolute Gasteiger partial charge is 0.460 e. The summed E-state index contributed by atoms with van der Waals surface area (Å²) in [4.78, 5) is 36.6. The number of aliphatic hydroxyl groups is 3. The molecule has 1 aliphatic heterocycles. The van der Waals surface area contributed by atoms with E-state index in [0.717, 1.165) is 18.4 Å². The van der Waals surface area contributed by atoms with Gasteiger partial charge in [-0.15, -0.1) is 0 Å². The molecular formula is C38H48O8. The Morgan fingerprint density at radius 1 is 1.00 bits per heavy atom. The monoisotopic (exact) mass is 632 g/mol. The van der Waals surface area contributed by atoms with Crippen LogP contribution in [0.4, 0.5) is 0 Å². The molecule has 1 aliphatic rings. The van der Waals surface area contributed by atoms with Crippen molar-refractivity contribution in [1.29, 1.82) is 0 Å². The second-order valence-corrected chi connectivity index (χ2v) is 11.2. The fourth-order valence-electron chi connectivity index (χ4n) is 4.61. The van der Waals surface area contributed by atoms with Gasteiger partial charge >= 0.3 is 11.9 Å². The second-order valence-electron chi connectivity index (χ2n) is 11.2. The van der Waals surface area contributed by atoms with Gasteiger partial charge in [0.25, 0.3) is 0 Å². The summed E-state index contributed by atoms with van der Waals surface area (Å²) in [6.45, 7) is 3.33. The number of cyclic esters (lactones) is 1. The van der Waals surface area contributed by atoms with E-state index in [-0.39, 0.29) is 31.1 Å². The lowest BCUT2D eigenvalue weighted by molar-refractivity contribution is -0.145. The highest BCUT2D eigenvalue weighted by Crippen LogP contribution is 2.13. The van der Waals surface area contributed by atoms with Crippen LogP contribution in [0.5, 0.6) is 0 Å². The average molecular weight is 633 g/mol. The molecule has 0 aromatic heterocycles. The van der Waals surface area contributed by atoms with Crippen LogP contribution in [0.25, 0.3) is 0 Å². The van der Waals surface area contributed by atoms with Crippen molar-refractivity contribution in [2.75, 3.05) is 0 Å². The number of hydrogen-bond donors (Lipinski definition) is 3. The van der Waals surface area contributed by atoms with Crippen molar-refractivity contribution >= 4 is 17.7 Å². The SMILES string of the molecule is CC(=O)c1ccccc1C[C@@H](O)/C=C/CC(=O)O[C@@H]1/C=C/C=C\C[C@H](O)C[C@@H](O)/C=C/C=C/CCC[C@@H](C)OC(=O)/C=C\C=C\C1. The second kappa shape index (κ2) is 22.4. The van der Waals surface area contributed by atoms with Crippen LogP contribution in [0.3, 0.4) is 0 Å². The minimum absolute atomic E-state index is 0.0575. The minimum atomic E-state index is -0.875. The zero-order valence-corrected chi connectivity index (χ0v) is 26.8. The van der Waals surface area contributed by atoms with Gasteiger partial charge in [0.2, 0.25) is 0 Å². The first-order valence-electron chi connectivity index (χ1n) is 15.8. The van der Waals surface area contributed by atoms with Gasteiger partial charge in [-0.1, -0.05) is 97.2 Å². The molecule has 0 bridgehead atoms. The molecule has 248 valence electrons. The molecule has 5 atom stereocenters. The Hall–Kier alpha value is -4.11. The molecule has 2 rings (SSSR count). The third-order valence-electron chi connectivity index (χ3n) is 6.97. The average Bonchev–Trinajstić information content (AvgIpc) is 2.99. The van der Waals surface area contributed by atoms with E-state index in [0.29, 0.717) is 24.8 Å². The molecule has 0 saturated heterocycles. The van der Waals surface area contributed by atoms with Crippen molar-refractivity contribution in [2.24, 2.45) is 0 Å². The number of aliphatic hydroxyl groups excluding tert-OH is 3. The van der Waals surface area contributed by atoms with E-state index in [1.807, 2.05) is 19.1 Å². The number of carbonyl (C=O) groups is 3. The summed E-state index contributed by atoms with van der Waals surface area (Å²) >= 11 is 0. The van der Waals surface area contributed by atoms with Crippen LogP contribution in [-0.2, 0) is 25.5 Å². The van der Waals surface area contributed by atoms with Crippen LogP contribution in [0.2, 0.25) is 0 Å². The predicted molar refractivity (Wildman–Crippen MR) is 180 cm³/mol. The number of ketones is 1. The molecule has 1 aromatic rings. The fourth-order valence-corrected chi connectivity index (χ4v) is 4.61. The van der Waals surface area contributed by atoms with Gasteiger partial charge in [0, 0.05) is 30.9 Å². The molecule has 0 saturated carbocycles. The van der Waals surface area contributed by atoms with Crippen molar-refractivity contribution in [3.8, 4) is 0 Å². The lowest BCUT2D eigenvalue weighted by atomic mass is 9.99. The summed E-state index contributed by atoms with van der Waals surface area (Å²) in [5.74, 6) is -1.01. The Bertz CT molecular complexity index is 1300. The molecular weight excluding hydrogens is 584 g/mol. The first-order chi connectivity index (χ1) is 22.1. The molecule has 1 heterocycles. The van der Waals surface area contributed by atoms with Crippen LogP contribution in [0.15, 0.2) is 109 Å². The van der Waals surface area contributed by atoms with Gasteiger partial charge in [0.1, 0.15) is 6.10 Å². The number of carbonyl (C=O) groups excluding carboxylic acids is 3.